The van der Waals surface area contributed by atoms with Crippen LogP contribution >= 0.6 is 0 Å². The Bertz CT molecular complexity index is 874. The van der Waals surface area contributed by atoms with Crippen LogP contribution in [0.2, 0.25) is 0 Å². The van der Waals surface area contributed by atoms with Gasteiger partial charge in [-0.1, -0.05) is 72.8 Å². The van der Waals surface area contributed by atoms with Crippen molar-refractivity contribution in [2.75, 3.05) is 6.54 Å². The largest absolute Gasteiger partial charge is 0.240 e. The summed E-state index contributed by atoms with van der Waals surface area (Å²) >= 11 is 0. The molecule has 0 heterocycles. The molecule has 0 saturated heterocycles. The Kier molecular flexibility index (Phi) is 5.08. The maximum absolute atomic E-state index is 12.4. The SMILES string of the molecule is O=S(=O)(NCCc1ccccc1)c1ccc(-c2ccccc2)cc1. The van der Waals surface area contributed by atoms with Crippen LogP contribution in [-0.2, 0) is 16.4 Å². The summed E-state index contributed by atoms with van der Waals surface area (Å²) in [7, 11) is -3.48. The Labute approximate surface area is 143 Å². The molecule has 0 amide bonds. The van der Waals surface area contributed by atoms with Gasteiger partial charge in [0.25, 0.3) is 0 Å². The molecule has 4 heteroatoms. The molecule has 0 aromatic heterocycles. The van der Waals surface area contributed by atoms with E-state index in [4.69, 9.17) is 0 Å². The topological polar surface area (TPSA) is 46.2 Å². The fourth-order valence-electron chi connectivity index (χ4n) is 2.51. The number of sulfonamides is 1. The van der Waals surface area contributed by atoms with Crippen LogP contribution in [0.4, 0.5) is 0 Å². The van der Waals surface area contributed by atoms with Crippen LogP contribution in [0.25, 0.3) is 11.1 Å². The van der Waals surface area contributed by atoms with Gasteiger partial charge < -0.3 is 0 Å². The predicted octanol–water partition coefficient (Wildman–Crippen LogP) is 3.87. The molecule has 0 radical (unpaired) electrons. The molecular weight excluding hydrogens is 318 g/mol. The van der Waals surface area contributed by atoms with Crippen LogP contribution in [-0.4, -0.2) is 15.0 Å². The summed E-state index contributed by atoms with van der Waals surface area (Å²) in [6, 6.07) is 26.7. The van der Waals surface area contributed by atoms with Gasteiger partial charge in [-0.2, -0.15) is 0 Å². The van der Waals surface area contributed by atoms with E-state index in [0.717, 1.165) is 16.7 Å². The van der Waals surface area contributed by atoms with Crippen molar-refractivity contribution in [1.29, 1.82) is 0 Å². The van der Waals surface area contributed by atoms with E-state index in [1.807, 2.05) is 72.8 Å². The summed E-state index contributed by atoms with van der Waals surface area (Å²) in [6.07, 6.45) is 0.669. The van der Waals surface area contributed by atoms with E-state index in [1.54, 1.807) is 12.1 Å². The molecule has 24 heavy (non-hydrogen) atoms. The monoisotopic (exact) mass is 337 g/mol. The van der Waals surface area contributed by atoms with Crippen molar-refractivity contribution in [1.82, 2.24) is 4.72 Å². The van der Waals surface area contributed by atoms with Crippen molar-refractivity contribution in [3.63, 3.8) is 0 Å². The second kappa shape index (κ2) is 7.43. The molecule has 0 saturated carbocycles. The summed E-state index contributed by atoms with van der Waals surface area (Å²) in [5.41, 5.74) is 3.18. The summed E-state index contributed by atoms with van der Waals surface area (Å²) in [6.45, 7) is 0.382. The van der Waals surface area contributed by atoms with Gasteiger partial charge in [-0.05, 0) is 35.2 Å². The van der Waals surface area contributed by atoms with Crippen molar-refractivity contribution in [3.8, 4) is 11.1 Å². The third kappa shape index (κ3) is 4.10. The number of benzene rings is 3. The average molecular weight is 337 g/mol. The lowest BCUT2D eigenvalue weighted by molar-refractivity contribution is 0.581. The molecule has 0 spiro atoms. The zero-order valence-corrected chi connectivity index (χ0v) is 14.0. The van der Waals surface area contributed by atoms with Gasteiger partial charge >= 0.3 is 0 Å². The first-order valence-electron chi connectivity index (χ1n) is 7.84. The summed E-state index contributed by atoms with van der Waals surface area (Å²) in [4.78, 5) is 0.287. The molecule has 122 valence electrons. The third-order valence-electron chi connectivity index (χ3n) is 3.82. The van der Waals surface area contributed by atoms with Crippen LogP contribution < -0.4 is 4.72 Å². The highest BCUT2D eigenvalue weighted by molar-refractivity contribution is 7.89. The van der Waals surface area contributed by atoms with Gasteiger partial charge in [0.2, 0.25) is 10.0 Å². The molecule has 0 bridgehead atoms. The summed E-state index contributed by atoms with van der Waals surface area (Å²) in [5, 5.41) is 0. The molecule has 3 rings (SSSR count). The lowest BCUT2D eigenvalue weighted by Crippen LogP contribution is -2.25. The Morgan fingerprint density at radius 3 is 1.83 bits per heavy atom. The van der Waals surface area contributed by atoms with E-state index in [1.165, 1.54) is 0 Å². The summed E-state index contributed by atoms with van der Waals surface area (Å²) < 4.78 is 27.4. The first kappa shape index (κ1) is 16.4. The normalized spacial score (nSPS) is 11.3. The first-order chi connectivity index (χ1) is 11.6. The average Bonchev–Trinajstić information content (AvgIpc) is 2.63. The minimum absolute atomic E-state index is 0.287. The van der Waals surface area contributed by atoms with E-state index in [2.05, 4.69) is 4.72 Å². The molecule has 0 aliphatic rings. The molecule has 0 aliphatic heterocycles. The minimum Gasteiger partial charge on any atom is -0.211 e. The molecule has 0 aliphatic carbocycles. The molecule has 3 aromatic carbocycles. The van der Waals surface area contributed by atoms with Gasteiger partial charge in [0.05, 0.1) is 4.90 Å². The van der Waals surface area contributed by atoms with E-state index in [-0.39, 0.29) is 4.90 Å². The standard InChI is InChI=1S/C20H19NO2S/c22-24(23,21-16-15-17-7-3-1-4-8-17)20-13-11-19(12-14-20)18-9-5-2-6-10-18/h1-14,21H,15-16H2. The first-order valence-corrected chi connectivity index (χ1v) is 9.32. The highest BCUT2D eigenvalue weighted by atomic mass is 32.2. The maximum Gasteiger partial charge on any atom is 0.240 e. The van der Waals surface area contributed by atoms with Gasteiger partial charge in [0.15, 0.2) is 0 Å². The molecule has 1 N–H and O–H groups in total. The van der Waals surface area contributed by atoms with Gasteiger partial charge in [-0.25, -0.2) is 13.1 Å². The maximum atomic E-state index is 12.4. The zero-order valence-electron chi connectivity index (χ0n) is 13.2. The quantitative estimate of drug-likeness (QED) is 0.742. The highest BCUT2D eigenvalue weighted by Gasteiger charge is 2.13. The number of nitrogens with one attached hydrogen (secondary N) is 1. The van der Waals surface area contributed by atoms with Crippen molar-refractivity contribution in [3.05, 3.63) is 90.5 Å². The Morgan fingerprint density at radius 2 is 1.21 bits per heavy atom. The molecule has 0 fully saturated rings. The lowest BCUT2D eigenvalue weighted by Gasteiger charge is -2.08. The molecule has 3 nitrogen and oxygen atoms in total. The van der Waals surface area contributed by atoms with Gasteiger partial charge in [-0.3, -0.25) is 0 Å². The van der Waals surface area contributed by atoms with E-state index < -0.39 is 10.0 Å². The van der Waals surface area contributed by atoms with Crippen molar-refractivity contribution in [2.24, 2.45) is 0 Å². The van der Waals surface area contributed by atoms with Crippen molar-refractivity contribution in [2.45, 2.75) is 11.3 Å². The number of rotatable bonds is 6. The van der Waals surface area contributed by atoms with E-state index in [9.17, 15) is 8.42 Å². The van der Waals surface area contributed by atoms with Crippen molar-refractivity contribution >= 4 is 10.0 Å². The van der Waals surface area contributed by atoms with Crippen LogP contribution in [0, 0.1) is 0 Å². The minimum atomic E-state index is -3.48. The van der Waals surface area contributed by atoms with Crippen LogP contribution in [0.3, 0.4) is 0 Å². The highest BCUT2D eigenvalue weighted by Crippen LogP contribution is 2.20. The van der Waals surface area contributed by atoms with Crippen LogP contribution in [0.15, 0.2) is 89.8 Å². The van der Waals surface area contributed by atoms with Crippen LogP contribution in [0.5, 0.6) is 0 Å². The number of hydrogen-bond donors (Lipinski definition) is 1. The Hall–Kier alpha value is -2.43. The Balaban J connectivity index is 1.66. The fourth-order valence-corrected chi connectivity index (χ4v) is 3.55. The fraction of sp³-hybridized carbons (Fsp3) is 0.100. The van der Waals surface area contributed by atoms with E-state index in [0.29, 0.717) is 13.0 Å². The van der Waals surface area contributed by atoms with Crippen molar-refractivity contribution < 1.29 is 8.42 Å². The smallest absolute Gasteiger partial charge is 0.211 e. The molecular formula is C20H19NO2S. The van der Waals surface area contributed by atoms with Gasteiger partial charge in [-0.15, -0.1) is 0 Å². The molecule has 3 aromatic rings. The molecule has 0 unspecified atom stereocenters. The van der Waals surface area contributed by atoms with Gasteiger partial charge in [0, 0.05) is 6.54 Å². The zero-order chi connectivity index (χ0) is 16.8. The lowest BCUT2D eigenvalue weighted by atomic mass is 10.1. The second-order valence-corrected chi connectivity index (χ2v) is 7.29. The number of hydrogen-bond acceptors (Lipinski definition) is 2. The second-order valence-electron chi connectivity index (χ2n) is 5.52. The summed E-state index contributed by atoms with van der Waals surface area (Å²) in [5.74, 6) is 0. The molecule has 0 atom stereocenters. The predicted molar refractivity (Wildman–Crippen MR) is 97.2 cm³/mol. The third-order valence-corrected chi connectivity index (χ3v) is 5.30. The van der Waals surface area contributed by atoms with Gasteiger partial charge in [0.1, 0.15) is 0 Å². The van der Waals surface area contributed by atoms with Crippen LogP contribution in [0.1, 0.15) is 5.56 Å². The van der Waals surface area contributed by atoms with E-state index >= 15 is 0 Å². The Morgan fingerprint density at radius 1 is 0.667 bits per heavy atom.